The Balaban J connectivity index is 2.02. The van der Waals surface area contributed by atoms with Gasteiger partial charge in [0, 0.05) is 25.8 Å². The molecule has 1 fully saturated rings. The van der Waals surface area contributed by atoms with Crippen LogP contribution in [0, 0.1) is 5.92 Å². The van der Waals surface area contributed by atoms with Gasteiger partial charge in [-0.05, 0) is 37.1 Å². The zero-order valence-electron chi connectivity index (χ0n) is 11.2. The third kappa shape index (κ3) is 3.01. The highest BCUT2D eigenvalue weighted by Gasteiger charge is 2.22. The molecule has 1 aromatic carbocycles. The predicted molar refractivity (Wildman–Crippen MR) is 74.5 cm³/mol. The normalized spacial score (nSPS) is 17.6. The van der Waals surface area contributed by atoms with Gasteiger partial charge in [0.25, 0.3) is 0 Å². The zero-order valence-corrected chi connectivity index (χ0v) is 11.2. The molecule has 0 radical (unpaired) electrons. The van der Waals surface area contributed by atoms with Crippen LogP contribution in [0.4, 0.5) is 5.69 Å². The predicted octanol–water partition coefficient (Wildman–Crippen LogP) is 3.20. The zero-order chi connectivity index (χ0) is 12.3. The lowest BCUT2D eigenvalue weighted by atomic mass is 9.79. The van der Waals surface area contributed by atoms with Crippen LogP contribution in [0.15, 0.2) is 24.3 Å². The van der Waals surface area contributed by atoms with Crippen molar-refractivity contribution in [3.05, 3.63) is 29.8 Å². The molecule has 1 aliphatic carbocycles. The molecule has 1 saturated carbocycles. The highest BCUT2D eigenvalue weighted by atomic mass is 15.1. The Labute approximate surface area is 105 Å². The van der Waals surface area contributed by atoms with E-state index in [0.29, 0.717) is 6.04 Å². The largest absolute Gasteiger partial charge is 0.378 e. The summed E-state index contributed by atoms with van der Waals surface area (Å²) in [7, 11) is 6.24. The molecule has 2 nitrogen and oxygen atoms in total. The number of nitrogens with zero attached hydrogens (tertiary/aromatic N) is 1. The maximum absolute atomic E-state index is 3.45. The Hall–Kier alpha value is -1.02. The molecule has 2 heteroatoms. The van der Waals surface area contributed by atoms with Gasteiger partial charge < -0.3 is 10.2 Å². The molecule has 0 aromatic heterocycles. The minimum atomic E-state index is 0.525. The van der Waals surface area contributed by atoms with Gasteiger partial charge in [-0.1, -0.05) is 31.4 Å². The van der Waals surface area contributed by atoms with Crippen molar-refractivity contribution in [2.75, 3.05) is 26.0 Å². The second-order valence-corrected chi connectivity index (χ2v) is 5.36. The Morgan fingerprint density at radius 1 is 1.24 bits per heavy atom. The molecule has 1 atom stereocenters. The van der Waals surface area contributed by atoms with Gasteiger partial charge in [0.2, 0.25) is 0 Å². The Morgan fingerprint density at radius 3 is 2.29 bits per heavy atom. The Kier molecular flexibility index (Phi) is 4.06. The van der Waals surface area contributed by atoms with Crippen LogP contribution in [0.1, 0.15) is 37.3 Å². The molecular formula is C15H24N2. The molecule has 94 valence electrons. The second kappa shape index (κ2) is 5.54. The second-order valence-electron chi connectivity index (χ2n) is 5.36. The molecule has 1 unspecified atom stereocenters. The summed E-state index contributed by atoms with van der Waals surface area (Å²) in [6.07, 6.45) is 5.57. The van der Waals surface area contributed by atoms with Crippen LogP contribution in [0.2, 0.25) is 0 Å². The van der Waals surface area contributed by atoms with Crippen LogP contribution >= 0.6 is 0 Å². The summed E-state index contributed by atoms with van der Waals surface area (Å²) in [5, 5.41) is 3.45. The number of anilines is 1. The van der Waals surface area contributed by atoms with Crippen molar-refractivity contribution in [1.29, 1.82) is 0 Å². The quantitative estimate of drug-likeness (QED) is 0.838. The summed E-state index contributed by atoms with van der Waals surface area (Å²) in [6.45, 7) is 0. The lowest BCUT2D eigenvalue weighted by Gasteiger charge is -2.30. The van der Waals surface area contributed by atoms with Gasteiger partial charge in [0.15, 0.2) is 0 Å². The lowest BCUT2D eigenvalue weighted by molar-refractivity contribution is 0.265. The van der Waals surface area contributed by atoms with E-state index in [2.05, 4.69) is 55.6 Å². The number of hydrogen-bond donors (Lipinski definition) is 1. The topological polar surface area (TPSA) is 15.3 Å². The smallest absolute Gasteiger partial charge is 0.0361 e. The summed E-state index contributed by atoms with van der Waals surface area (Å²) in [5.74, 6) is 0.945. The van der Waals surface area contributed by atoms with E-state index in [4.69, 9.17) is 0 Å². The molecule has 0 bridgehead atoms. The molecule has 2 rings (SSSR count). The highest BCUT2D eigenvalue weighted by Crippen LogP contribution is 2.34. The van der Waals surface area contributed by atoms with Gasteiger partial charge in [0.05, 0.1) is 0 Å². The number of nitrogens with one attached hydrogen (secondary N) is 1. The van der Waals surface area contributed by atoms with Crippen LogP contribution in [0.3, 0.4) is 0 Å². The molecule has 0 heterocycles. The molecular weight excluding hydrogens is 208 g/mol. The molecule has 1 N–H and O–H groups in total. The number of benzene rings is 1. The van der Waals surface area contributed by atoms with Crippen LogP contribution in [-0.2, 0) is 0 Å². The Morgan fingerprint density at radius 2 is 1.88 bits per heavy atom. The summed E-state index contributed by atoms with van der Waals surface area (Å²) in [5.41, 5.74) is 2.69. The van der Waals surface area contributed by atoms with Crippen molar-refractivity contribution < 1.29 is 0 Å². The molecule has 1 aliphatic rings. The average Bonchev–Trinajstić information content (AvgIpc) is 2.28. The van der Waals surface area contributed by atoms with Gasteiger partial charge in [-0.3, -0.25) is 0 Å². The SMILES string of the molecule is CNC(CC1CCC1)c1ccc(N(C)C)cc1. The van der Waals surface area contributed by atoms with Gasteiger partial charge in [0.1, 0.15) is 0 Å². The highest BCUT2D eigenvalue weighted by molar-refractivity contribution is 5.46. The minimum absolute atomic E-state index is 0.525. The third-order valence-corrected chi connectivity index (χ3v) is 3.95. The van der Waals surface area contributed by atoms with E-state index in [1.54, 1.807) is 0 Å². The summed E-state index contributed by atoms with van der Waals surface area (Å²) in [6, 6.07) is 9.46. The monoisotopic (exact) mass is 232 g/mol. The summed E-state index contributed by atoms with van der Waals surface area (Å²) >= 11 is 0. The van der Waals surface area contributed by atoms with Crippen LogP contribution in [0.25, 0.3) is 0 Å². The third-order valence-electron chi connectivity index (χ3n) is 3.95. The van der Waals surface area contributed by atoms with Crippen LogP contribution < -0.4 is 10.2 Å². The van der Waals surface area contributed by atoms with E-state index < -0.39 is 0 Å². The lowest BCUT2D eigenvalue weighted by Crippen LogP contribution is -2.23. The van der Waals surface area contributed by atoms with E-state index in [1.807, 2.05) is 0 Å². The minimum Gasteiger partial charge on any atom is -0.378 e. The molecule has 1 aromatic rings. The maximum Gasteiger partial charge on any atom is 0.0361 e. The van der Waals surface area contributed by atoms with Crippen molar-refractivity contribution in [1.82, 2.24) is 5.32 Å². The maximum atomic E-state index is 3.45. The molecule has 0 amide bonds. The average molecular weight is 232 g/mol. The number of hydrogen-bond acceptors (Lipinski definition) is 2. The van der Waals surface area contributed by atoms with E-state index in [0.717, 1.165) is 5.92 Å². The van der Waals surface area contributed by atoms with Crippen molar-refractivity contribution in [2.24, 2.45) is 5.92 Å². The van der Waals surface area contributed by atoms with Crippen molar-refractivity contribution >= 4 is 5.69 Å². The standard InChI is InChI=1S/C15H24N2/c1-16-15(11-12-5-4-6-12)13-7-9-14(10-8-13)17(2)3/h7-10,12,15-16H,4-6,11H2,1-3H3. The van der Waals surface area contributed by atoms with Crippen LogP contribution in [-0.4, -0.2) is 21.1 Å². The summed E-state index contributed by atoms with van der Waals surface area (Å²) < 4.78 is 0. The molecule has 17 heavy (non-hydrogen) atoms. The first kappa shape index (κ1) is 12.4. The first-order valence-electron chi connectivity index (χ1n) is 6.65. The van der Waals surface area contributed by atoms with Gasteiger partial charge >= 0.3 is 0 Å². The van der Waals surface area contributed by atoms with Crippen molar-refractivity contribution in [3.8, 4) is 0 Å². The van der Waals surface area contributed by atoms with Gasteiger partial charge in [-0.25, -0.2) is 0 Å². The fraction of sp³-hybridized carbons (Fsp3) is 0.600. The van der Waals surface area contributed by atoms with E-state index in [-0.39, 0.29) is 0 Å². The van der Waals surface area contributed by atoms with E-state index >= 15 is 0 Å². The molecule has 0 aliphatic heterocycles. The Bertz CT molecular complexity index is 338. The molecule has 0 spiro atoms. The van der Waals surface area contributed by atoms with Crippen molar-refractivity contribution in [3.63, 3.8) is 0 Å². The van der Waals surface area contributed by atoms with Gasteiger partial charge in [-0.2, -0.15) is 0 Å². The van der Waals surface area contributed by atoms with E-state index in [1.165, 1.54) is 36.9 Å². The van der Waals surface area contributed by atoms with Crippen molar-refractivity contribution in [2.45, 2.75) is 31.7 Å². The van der Waals surface area contributed by atoms with Gasteiger partial charge in [-0.15, -0.1) is 0 Å². The summed E-state index contributed by atoms with van der Waals surface area (Å²) in [4.78, 5) is 2.14. The first-order valence-corrected chi connectivity index (χ1v) is 6.65. The first-order chi connectivity index (χ1) is 8.20. The van der Waals surface area contributed by atoms with E-state index in [9.17, 15) is 0 Å². The fourth-order valence-corrected chi connectivity index (χ4v) is 2.49. The number of rotatable bonds is 5. The molecule has 0 saturated heterocycles. The van der Waals surface area contributed by atoms with Crippen LogP contribution in [0.5, 0.6) is 0 Å². The fourth-order valence-electron chi connectivity index (χ4n) is 2.49.